The zero-order valence-electron chi connectivity index (χ0n) is 12.0. The third-order valence-corrected chi connectivity index (χ3v) is 5.59. The molecule has 0 radical (unpaired) electrons. The van der Waals surface area contributed by atoms with E-state index in [0.29, 0.717) is 11.8 Å². The third kappa shape index (κ3) is 3.01. The molecule has 1 unspecified atom stereocenters. The van der Waals surface area contributed by atoms with Crippen molar-refractivity contribution in [3.8, 4) is 0 Å². The molecule has 0 saturated carbocycles. The van der Waals surface area contributed by atoms with Gasteiger partial charge in [-0.05, 0) is 49.9 Å². The van der Waals surface area contributed by atoms with Crippen molar-refractivity contribution in [1.29, 1.82) is 0 Å². The SMILES string of the molecule is CN(CC1CCNCC1)C(=O)C1Cc2ccccc2S1. The quantitative estimate of drug-likeness (QED) is 0.926. The van der Waals surface area contributed by atoms with Gasteiger partial charge in [-0.2, -0.15) is 0 Å². The van der Waals surface area contributed by atoms with Gasteiger partial charge < -0.3 is 10.2 Å². The van der Waals surface area contributed by atoms with E-state index in [9.17, 15) is 4.79 Å². The summed E-state index contributed by atoms with van der Waals surface area (Å²) in [5.74, 6) is 0.962. The summed E-state index contributed by atoms with van der Waals surface area (Å²) >= 11 is 1.73. The molecule has 2 heterocycles. The number of fused-ring (bicyclic) bond motifs is 1. The van der Waals surface area contributed by atoms with Gasteiger partial charge in [0.2, 0.25) is 5.91 Å². The lowest BCUT2D eigenvalue weighted by molar-refractivity contribution is -0.129. The van der Waals surface area contributed by atoms with Gasteiger partial charge >= 0.3 is 0 Å². The Kier molecular flexibility index (Phi) is 4.32. The summed E-state index contributed by atoms with van der Waals surface area (Å²) < 4.78 is 0. The molecule has 0 aromatic heterocycles. The van der Waals surface area contributed by atoms with Crippen LogP contribution in [0.2, 0.25) is 0 Å². The van der Waals surface area contributed by atoms with Crippen molar-refractivity contribution in [3.05, 3.63) is 29.8 Å². The first-order chi connectivity index (χ1) is 9.74. The maximum Gasteiger partial charge on any atom is 0.236 e. The van der Waals surface area contributed by atoms with E-state index in [-0.39, 0.29) is 5.25 Å². The molecule has 20 heavy (non-hydrogen) atoms. The Morgan fingerprint density at radius 1 is 1.35 bits per heavy atom. The molecule has 2 aliphatic rings. The summed E-state index contributed by atoms with van der Waals surface area (Å²) in [5.41, 5.74) is 1.33. The highest BCUT2D eigenvalue weighted by Gasteiger charge is 2.30. The molecule has 1 aromatic rings. The lowest BCUT2D eigenvalue weighted by Gasteiger charge is -2.28. The van der Waals surface area contributed by atoms with Crippen LogP contribution in [0.4, 0.5) is 0 Å². The monoisotopic (exact) mass is 290 g/mol. The molecule has 1 saturated heterocycles. The predicted molar refractivity (Wildman–Crippen MR) is 83.0 cm³/mol. The smallest absolute Gasteiger partial charge is 0.236 e. The van der Waals surface area contributed by atoms with Crippen LogP contribution in [0.15, 0.2) is 29.2 Å². The number of rotatable bonds is 3. The molecule has 1 amide bonds. The van der Waals surface area contributed by atoms with E-state index in [1.807, 2.05) is 11.9 Å². The van der Waals surface area contributed by atoms with E-state index in [4.69, 9.17) is 0 Å². The highest BCUT2D eigenvalue weighted by molar-refractivity contribution is 8.01. The average molecular weight is 290 g/mol. The molecule has 1 aromatic carbocycles. The summed E-state index contributed by atoms with van der Waals surface area (Å²) in [6.07, 6.45) is 3.27. The Morgan fingerprint density at radius 3 is 2.85 bits per heavy atom. The first-order valence-corrected chi connectivity index (χ1v) is 8.32. The number of nitrogens with zero attached hydrogens (tertiary/aromatic N) is 1. The average Bonchev–Trinajstić information content (AvgIpc) is 2.91. The minimum Gasteiger partial charge on any atom is -0.345 e. The highest BCUT2D eigenvalue weighted by Crippen LogP contribution is 2.37. The molecular weight excluding hydrogens is 268 g/mol. The Bertz CT molecular complexity index is 460. The highest BCUT2D eigenvalue weighted by atomic mass is 32.2. The van der Waals surface area contributed by atoms with Crippen molar-refractivity contribution in [1.82, 2.24) is 10.2 Å². The van der Waals surface area contributed by atoms with Crippen molar-refractivity contribution >= 4 is 17.7 Å². The number of piperidine rings is 1. The summed E-state index contributed by atoms with van der Waals surface area (Å²) in [6.45, 7) is 3.10. The molecule has 3 nitrogen and oxygen atoms in total. The van der Waals surface area contributed by atoms with Crippen LogP contribution in [-0.4, -0.2) is 42.7 Å². The van der Waals surface area contributed by atoms with Gasteiger partial charge in [-0.15, -0.1) is 11.8 Å². The van der Waals surface area contributed by atoms with Gasteiger partial charge in [-0.1, -0.05) is 18.2 Å². The van der Waals surface area contributed by atoms with Crippen LogP contribution in [-0.2, 0) is 11.2 Å². The topological polar surface area (TPSA) is 32.3 Å². The number of benzene rings is 1. The standard InChI is InChI=1S/C16H22N2OS/c1-18(11-12-6-8-17-9-7-12)16(19)15-10-13-4-2-3-5-14(13)20-15/h2-5,12,15,17H,6-11H2,1H3. The third-order valence-electron chi connectivity index (χ3n) is 4.29. The molecule has 1 N–H and O–H groups in total. The molecule has 1 atom stereocenters. The maximum atomic E-state index is 12.6. The van der Waals surface area contributed by atoms with Crippen LogP contribution in [0.5, 0.6) is 0 Å². The zero-order valence-corrected chi connectivity index (χ0v) is 12.8. The van der Waals surface area contributed by atoms with Gasteiger partial charge in [-0.25, -0.2) is 0 Å². The van der Waals surface area contributed by atoms with Gasteiger partial charge in [0.15, 0.2) is 0 Å². The van der Waals surface area contributed by atoms with Crippen LogP contribution in [0, 0.1) is 5.92 Å². The number of carbonyl (C=O) groups excluding carboxylic acids is 1. The first-order valence-electron chi connectivity index (χ1n) is 7.44. The van der Waals surface area contributed by atoms with Crippen LogP contribution >= 0.6 is 11.8 Å². The molecule has 0 aliphatic carbocycles. The Morgan fingerprint density at radius 2 is 2.10 bits per heavy atom. The fourth-order valence-corrected chi connectivity index (χ4v) is 4.42. The van der Waals surface area contributed by atoms with Crippen molar-refractivity contribution in [2.45, 2.75) is 29.4 Å². The summed E-state index contributed by atoms with van der Waals surface area (Å²) in [6, 6.07) is 8.38. The fourth-order valence-electron chi connectivity index (χ4n) is 3.11. The number of amides is 1. The van der Waals surface area contributed by atoms with Gasteiger partial charge in [0.05, 0.1) is 5.25 Å². The van der Waals surface area contributed by atoms with E-state index in [1.54, 1.807) is 11.8 Å². The number of thioether (sulfide) groups is 1. The molecule has 2 aliphatic heterocycles. The first kappa shape index (κ1) is 14.0. The van der Waals surface area contributed by atoms with Crippen molar-refractivity contribution in [2.24, 2.45) is 5.92 Å². The van der Waals surface area contributed by atoms with E-state index in [0.717, 1.165) is 26.1 Å². The molecule has 0 spiro atoms. The van der Waals surface area contributed by atoms with Gasteiger partial charge in [0.25, 0.3) is 0 Å². The predicted octanol–water partition coefficient (Wildman–Crippen LogP) is 2.16. The van der Waals surface area contributed by atoms with Crippen molar-refractivity contribution in [3.63, 3.8) is 0 Å². The van der Waals surface area contributed by atoms with E-state index < -0.39 is 0 Å². The second-order valence-corrected chi connectivity index (χ2v) is 7.08. The lowest BCUT2D eigenvalue weighted by Crippen LogP contribution is -2.40. The van der Waals surface area contributed by atoms with Crippen LogP contribution < -0.4 is 5.32 Å². The minimum atomic E-state index is 0.0825. The Hall–Kier alpha value is -1.00. The molecular formula is C16H22N2OS. The fraction of sp³-hybridized carbons (Fsp3) is 0.562. The number of hydrogen-bond donors (Lipinski definition) is 1. The van der Waals surface area contributed by atoms with Crippen LogP contribution in [0.25, 0.3) is 0 Å². The summed E-state index contributed by atoms with van der Waals surface area (Å²) in [7, 11) is 1.97. The van der Waals surface area contributed by atoms with Crippen molar-refractivity contribution in [2.75, 3.05) is 26.7 Å². The van der Waals surface area contributed by atoms with E-state index in [1.165, 1.54) is 23.3 Å². The van der Waals surface area contributed by atoms with Crippen LogP contribution in [0.3, 0.4) is 0 Å². The summed E-state index contributed by atoms with van der Waals surface area (Å²) in [4.78, 5) is 15.8. The molecule has 3 rings (SSSR count). The molecule has 4 heteroatoms. The number of nitrogens with one attached hydrogen (secondary N) is 1. The Balaban J connectivity index is 1.57. The summed E-state index contributed by atoms with van der Waals surface area (Å²) in [5, 5.41) is 3.46. The molecule has 1 fully saturated rings. The molecule has 0 bridgehead atoms. The van der Waals surface area contributed by atoms with Gasteiger partial charge in [-0.3, -0.25) is 4.79 Å². The molecule has 108 valence electrons. The van der Waals surface area contributed by atoms with Gasteiger partial charge in [0.1, 0.15) is 0 Å². The van der Waals surface area contributed by atoms with Crippen molar-refractivity contribution < 1.29 is 4.79 Å². The number of carbonyl (C=O) groups is 1. The normalized spacial score (nSPS) is 22.6. The second kappa shape index (κ2) is 6.19. The van der Waals surface area contributed by atoms with E-state index in [2.05, 4.69) is 29.6 Å². The van der Waals surface area contributed by atoms with Gasteiger partial charge in [0, 0.05) is 18.5 Å². The largest absolute Gasteiger partial charge is 0.345 e. The zero-order chi connectivity index (χ0) is 13.9. The van der Waals surface area contributed by atoms with E-state index >= 15 is 0 Å². The van der Waals surface area contributed by atoms with Crippen LogP contribution in [0.1, 0.15) is 18.4 Å². The maximum absolute atomic E-state index is 12.6. The number of hydrogen-bond acceptors (Lipinski definition) is 3. The Labute approximate surface area is 125 Å². The minimum absolute atomic E-state index is 0.0825. The second-order valence-electron chi connectivity index (χ2n) is 5.83. The lowest BCUT2D eigenvalue weighted by atomic mass is 9.97.